The zero-order chi connectivity index (χ0) is 21.4. The highest BCUT2D eigenvalue weighted by Gasteiger charge is 2.30. The van der Waals surface area contributed by atoms with Gasteiger partial charge in [-0.3, -0.25) is 4.79 Å². The highest BCUT2D eigenvalue weighted by Crippen LogP contribution is 2.29. The fourth-order valence-corrected chi connectivity index (χ4v) is 2.83. The van der Waals surface area contributed by atoms with Crippen LogP contribution in [-0.4, -0.2) is 28.7 Å². The van der Waals surface area contributed by atoms with Gasteiger partial charge in [-0.15, -0.1) is 0 Å². The molecule has 3 amide bonds. The Kier molecular flexibility index (Phi) is 7.89. The Hall–Kier alpha value is -2.75. The summed E-state index contributed by atoms with van der Waals surface area (Å²) in [6.07, 6.45) is -3.69. The third kappa shape index (κ3) is 8.02. The first kappa shape index (κ1) is 22.5. The number of thioether (sulfide) groups is 1. The molecule has 0 bridgehead atoms. The van der Waals surface area contributed by atoms with Gasteiger partial charge in [0.2, 0.25) is 5.91 Å². The highest BCUT2D eigenvalue weighted by atomic mass is 32.2. The fourth-order valence-electron chi connectivity index (χ4n) is 2.16. The van der Waals surface area contributed by atoms with Gasteiger partial charge in [0.05, 0.1) is 16.3 Å². The third-order valence-electron chi connectivity index (χ3n) is 3.54. The Morgan fingerprint density at radius 2 is 1.79 bits per heavy atom. The van der Waals surface area contributed by atoms with Crippen LogP contribution in [0.4, 0.5) is 23.7 Å². The highest BCUT2D eigenvalue weighted by molar-refractivity contribution is 7.99. The van der Waals surface area contributed by atoms with E-state index in [1.807, 2.05) is 13.8 Å². The second-order valence-corrected chi connectivity index (χ2v) is 7.39. The number of amides is 3. The van der Waals surface area contributed by atoms with E-state index in [1.165, 1.54) is 6.07 Å². The van der Waals surface area contributed by atoms with E-state index in [-0.39, 0.29) is 30.3 Å². The molecule has 29 heavy (non-hydrogen) atoms. The molecule has 0 atom stereocenters. The Morgan fingerprint density at radius 3 is 2.34 bits per heavy atom. The molecule has 0 saturated heterocycles. The summed E-state index contributed by atoms with van der Waals surface area (Å²) in [7, 11) is 0. The van der Waals surface area contributed by atoms with Crippen LogP contribution in [0.25, 0.3) is 0 Å². The molecule has 2 aromatic rings. The standard InChI is InChI=1S/C19H21F3N4O2S/c1-12(2)25-18(28)26-15-6-3-13(4-7-15)9-23-16(27)11-29-17-8-5-14(10-24-17)19(20,21)22/h3-8,10,12H,9,11H2,1-2H3,(H,23,27)(H2,25,26,28). The van der Waals surface area contributed by atoms with Crippen molar-refractivity contribution < 1.29 is 22.8 Å². The number of halogens is 3. The normalized spacial score (nSPS) is 11.2. The van der Waals surface area contributed by atoms with Crippen LogP contribution in [0.5, 0.6) is 0 Å². The Bertz CT molecular complexity index is 825. The van der Waals surface area contributed by atoms with Crippen molar-refractivity contribution >= 4 is 29.4 Å². The van der Waals surface area contributed by atoms with E-state index in [9.17, 15) is 22.8 Å². The van der Waals surface area contributed by atoms with Gasteiger partial charge < -0.3 is 16.0 Å². The number of aromatic nitrogens is 1. The van der Waals surface area contributed by atoms with Crippen LogP contribution in [0.1, 0.15) is 25.0 Å². The summed E-state index contributed by atoms with van der Waals surface area (Å²) in [6, 6.07) is 8.90. The molecule has 6 nitrogen and oxygen atoms in total. The minimum atomic E-state index is -4.43. The molecular weight excluding hydrogens is 405 g/mol. The number of carbonyl (C=O) groups excluding carboxylic acids is 2. The minimum absolute atomic E-state index is 0.0279. The summed E-state index contributed by atoms with van der Waals surface area (Å²) >= 11 is 1.05. The number of pyridine rings is 1. The van der Waals surface area contributed by atoms with Gasteiger partial charge in [0.25, 0.3) is 0 Å². The van der Waals surface area contributed by atoms with Crippen molar-refractivity contribution in [2.75, 3.05) is 11.1 Å². The molecule has 3 N–H and O–H groups in total. The molecule has 0 unspecified atom stereocenters. The van der Waals surface area contributed by atoms with Crippen LogP contribution in [0.3, 0.4) is 0 Å². The molecule has 10 heteroatoms. The average molecular weight is 426 g/mol. The number of rotatable bonds is 7. The van der Waals surface area contributed by atoms with E-state index in [0.717, 1.165) is 29.6 Å². The Morgan fingerprint density at radius 1 is 1.10 bits per heavy atom. The first-order valence-corrected chi connectivity index (χ1v) is 9.71. The van der Waals surface area contributed by atoms with Crippen molar-refractivity contribution in [1.29, 1.82) is 0 Å². The summed E-state index contributed by atoms with van der Waals surface area (Å²) in [5.41, 5.74) is 0.638. The van der Waals surface area contributed by atoms with Crippen molar-refractivity contribution in [1.82, 2.24) is 15.6 Å². The molecular formula is C19H21F3N4O2S. The van der Waals surface area contributed by atoms with Gasteiger partial charge >= 0.3 is 12.2 Å². The summed E-state index contributed by atoms with van der Waals surface area (Å²) in [5.74, 6) is -0.233. The number of hydrogen-bond donors (Lipinski definition) is 3. The molecule has 0 fully saturated rings. The van der Waals surface area contributed by atoms with Gasteiger partial charge in [0.1, 0.15) is 0 Å². The molecule has 0 aliphatic rings. The molecule has 1 aromatic heterocycles. The topological polar surface area (TPSA) is 83.1 Å². The number of hydrogen-bond acceptors (Lipinski definition) is 4. The first-order chi connectivity index (χ1) is 13.6. The van der Waals surface area contributed by atoms with Crippen LogP contribution in [-0.2, 0) is 17.5 Å². The van der Waals surface area contributed by atoms with Gasteiger partial charge in [-0.25, -0.2) is 9.78 Å². The number of nitrogens with one attached hydrogen (secondary N) is 3. The van der Waals surface area contributed by atoms with Crippen LogP contribution in [0.15, 0.2) is 47.6 Å². The van der Waals surface area contributed by atoms with E-state index < -0.39 is 11.7 Å². The summed E-state index contributed by atoms with van der Waals surface area (Å²) in [5, 5.41) is 8.47. The molecule has 156 valence electrons. The first-order valence-electron chi connectivity index (χ1n) is 8.72. The number of urea groups is 1. The lowest BCUT2D eigenvalue weighted by atomic mass is 10.2. The van der Waals surface area contributed by atoms with Crippen LogP contribution < -0.4 is 16.0 Å². The monoisotopic (exact) mass is 426 g/mol. The summed E-state index contributed by atoms with van der Waals surface area (Å²) in [4.78, 5) is 27.3. The zero-order valence-electron chi connectivity index (χ0n) is 15.8. The van der Waals surface area contributed by atoms with Crippen molar-refractivity contribution in [2.45, 2.75) is 37.6 Å². The molecule has 2 rings (SSSR count). The summed E-state index contributed by atoms with van der Waals surface area (Å²) in [6.45, 7) is 4.01. The maximum Gasteiger partial charge on any atom is 0.417 e. The van der Waals surface area contributed by atoms with E-state index in [0.29, 0.717) is 10.7 Å². The third-order valence-corrected chi connectivity index (χ3v) is 4.48. The Labute approximate surface area is 170 Å². The van der Waals surface area contributed by atoms with Crippen molar-refractivity contribution in [2.24, 2.45) is 0 Å². The van der Waals surface area contributed by atoms with E-state index in [2.05, 4.69) is 20.9 Å². The lowest BCUT2D eigenvalue weighted by molar-refractivity contribution is -0.137. The number of benzene rings is 1. The smallest absolute Gasteiger partial charge is 0.351 e. The lowest BCUT2D eigenvalue weighted by Crippen LogP contribution is -2.34. The summed E-state index contributed by atoms with van der Waals surface area (Å²) < 4.78 is 37.5. The van der Waals surface area contributed by atoms with Crippen molar-refractivity contribution in [3.05, 3.63) is 53.7 Å². The number of carbonyl (C=O) groups is 2. The maximum atomic E-state index is 12.5. The van der Waals surface area contributed by atoms with Crippen molar-refractivity contribution in [3.8, 4) is 0 Å². The SMILES string of the molecule is CC(C)NC(=O)Nc1ccc(CNC(=O)CSc2ccc(C(F)(F)F)cn2)cc1. The fraction of sp³-hybridized carbons (Fsp3) is 0.316. The van der Waals surface area contributed by atoms with Crippen LogP contribution in [0, 0.1) is 0 Å². The maximum absolute atomic E-state index is 12.5. The minimum Gasteiger partial charge on any atom is -0.351 e. The number of alkyl halides is 3. The molecule has 1 aromatic carbocycles. The number of anilines is 1. The quantitative estimate of drug-likeness (QED) is 0.584. The molecule has 0 spiro atoms. The van der Waals surface area contributed by atoms with Gasteiger partial charge in [-0.1, -0.05) is 23.9 Å². The van der Waals surface area contributed by atoms with Gasteiger partial charge in [-0.05, 0) is 43.7 Å². The molecule has 1 heterocycles. The van der Waals surface area contributed by atoms with E-state index in [4.69, 9.17) is 0 Å². The van der Waals surface area contributed by atoms with Gasteiger partial charge in [0, 0.05) is 24.5 Å². The predicted octanol–water partition coefficient (Wildman–Crippen LogP) is 4.04. The van der Waals surface area contributed by atoms with Gasteiger partial charge in [0.15, 0.2) is 0 Å². The van der Waals surface area contributed by atoms with Crippen molar-refractivity contribution in [3.63, 3.8) is 0 Å². The molecule has 0 radical (unpaired) electrons. The Balaban J connectivity index is 1.75. The van der Waals surface area contributed by atoms with Crippen LogP contribution >= 0.6 is 11.8 Å². The second kappa shape index (κ2) is 10.1. The largest absolute Gasteiger partial charge is 0.417 e. The van der Waals surface area contributed by atoms with Crippen LogP contribution in [0.2, 0.25) is 0 Å². The predicted molar refractivity (Wildman–Crippen MR) is 106 cm³/mol. The average Bonchev–Trinajstić information content (AvgIpc) is 2.64. The molecule has 0 aliphatic heterocycles. The van der Waals surface area contributed by atoms with E-state index >= 15 is 0 Å². The second-order valence-electron chi connectivity index (χ2n) is 6.40. The lowest BCUT2D eigenvalue weighted by Gasteiger charge is -2.11. The molecule has 0 aliphatic carbocycles. The number of nitrogens with zero attached hydrogens (tertiary/aromatic N) is 1. The van der Waals surface area contributed by atoms with Gasteiger partial charge in [-0.2, -0.15) is 13.2 Å². The van der Waals surface area contributed by atoms with E-state index in [1.54, 1.807) is 24.3 Å². The molecule has 0 saturated carbocycles. The zero-order valence-corrected chi connectivity index (χ0v) is 16.7.